The van der Waals surface area contributed by atoms with Crippen LogP contribution in [-0.2, 0) is 6.18 Å². The Kier molecular flexibility index (Phi) is 5.31. The molecule has 0 amide bonds. The highest BCUT2D eigenvalue weighted by Crippen LogP contribution is 2.40. The maximum Gasteiger partial charge on any atom is 0.416 e. The van der Waals surface area contributed by atoms with E-state index in [0.29, 0.717) is 0 Å². The third-order valence-corrected chi connectivity index (χ3v) is 5.68. The van der Waals surface area contributed by atoms with Crippen molar-refractivity contribution >= 4 is 34.2 Å². The van der Waals surface area contributed by atoms with Crippen LogP contribution >= 0.6 is 12.4 Å². The highest BCUT2D eigenvalue weighted by Gasteiger charge is 2.31. The molecule has 2 aromatic heterocycles. The van der Waals surface area contributed by atoms with Crippen molar-refractivity contribution in [3.8, 4) is 0 Å². The number of aromatic nitrogens is 2. The number of aryl methyl sites for hydroxylation is 1. The van der Waals surface area contributed by atoms with Gasteiger partial charge < -0.3 is 9.97 Å². The number of aromatic amines is 2. The van der Waals surface area contributed by atoms with Crippen LogP contribution in [-0.4, -0.2) is 9.97 Å². The number of fused-ring (bicyclic) bond motifs is 2. The fourth-order valence-electron chi connectivity index (χ4n) is 4.23. The molecule has 0 aliphatic rings. The van der Waals surface area contributed by atoms with Crippen LogP contribution in [0.5, 0.6) is 0 Å². The van der Waals surface area contributed by atoms with E-state index in [-0.39, 0.29) is 18.3 Å². The van der Waals surface area contributed by atoms with Gasteiger partial charge in [0.2, 0.25) is 0 Å². The van der Waals surface area contributed by atoms with Crippen LogP contribution in [0.15, 0.2) is 79.1 Å². The SMILES string of the molecule is Cc1ccc2c(C(c3ccc(C(F)(F)F)cc3)c3c[nH]c4ccccc34)c[nH]c2c1.Cl. The number of alkyl halides is 3. The predicted octanol–water partition coefficient (Wildman–Crippen LogP) is 7.58. The van der Waals surface area contributed by atoms with E-state index in [9.17, 15) is 13.2 Å². The average molecular weight is 441 g/mol. The van der Waals surface area contributed by atoms with E-state index in [0.717, 1.165) is 56.2 Å². The van der Waals surface area contributed by atoms with E-state index in [2.05, 4.69) is 28.2 Å². The monoisotopic (exact) mass is 440 g/mol. The summed E-state index contributed by atoms with van der Waals surface area (Å²) >= 11 is 0. The van der Waals surface area contributed by atoms with E-state index in [4.69, 9.17) is 0 Å². The Balaban J connectivity index is 0.00000231. The second-order valence-corrected chi connectivity index (χ2v) is 7.64. The lowest BCUT2D eigenvalue weighted by molar-refractivity contribution is -0.137. The molecule has 5 rings (SSSR count). The van der Waals surface area contributed by atoms with Crippen LogP contribution in [0.2, 0.25) is 0 Å². The van der Waals surface area contributed by atoms with Crippen LogP contribution in [0.25, 0.3) is 21.8 Å². The van der Waals surface area contributed by atoms with Gasteiger partial charge in [0.15, 0.2) is 0 Å². The third-order valence-electron chi connectivity index (χ3n) is 5.68. The Morgan fingerprint density at radius 3 is 2.03 bits per heavy atom. The van der Waals surface area contributed by atoms with E-state index in [1.54, 1.807) is 12.1 Å². The molecule has 0 saturated carbocycles. The molecule has 2 heterocycles. The minimum Gasteiger partial charge on any atom is -0.361 e. The van der Waals surface area contributed by atoms with Gasteiger partial charge in [0, 0.05) is 40.1 Å². The molecule has 0 saturated heterocycles. The summed E-state index contributed by atoms with van der Waals surface area (Å²) in [6.45, 7) is 2.03. The number of hydrogen-bond donors (Lipinski definition) is 2. The first-order valence-electron chi connectivity index (χ1n) is 9.72. The topological polar surface area (TPSA) is 31.6 Å². The second kappa shape index (κ2) is 7.82. The van der Waals surface area contributed by atoms with Crippen LogP contribution in [0, 0.1) is 6.92 Å². The zero-order valence-electron chi connectivity index (χ0n) is 16.6. The fourth-order valence-corrected chi connectivity index (χ4v) is 4.23. The van der Waals surface area contributed by atoms with Gasteiger partial charge in [-0.15, -0.1) is 12.4 Å². The van der Waals surface area contributed by atoms with Crippen LogP contribution < -0.4 is 0 Å². The van der Waals surface area contributed by atoms with E-state index < -0.39 is 11.7 Å². The summed E-state index contributed by atoms with van der Waals surface area (Å²) < 4.78 is 39.3. The first kappa shape index (κ1) is 21.1. The smallest absolute Gasteiger partial charge is 0.361 e. The molecule has 158 valence electrons. The lowest BCUT2D eigenvalue weighted by Crippen LogP contribution is -2.07. The van der Waals surface area contributed by atoms with Gasteiger partial charge in [0.25, 0.3) is 0 Å². The molecule has 2 nitrogen and oxygen atoms in total. The van der Waals surface area contributed by atoms with Gasteiger partial charge in [-0.25, -0.2) is 0 Å². The minimum atomic E-state index is -4.35. The van der Waals surface area contributed by atoms with E-state index in [1.807, 2.05) is 43.6 Å². The first-order chi connectivity index (χ1) is 14.4. The first-order valence-corrected chi connectivity index (χ1v) is 9.72. The summed E-state index contributed by atoms with van der Waals surface area (Å²) in [6.07, 6.45) is -0.429. The molecule has 0 spiro atoms. The maximum atomic E-state index is 13.1. The summed E-state index contributed by atoms with van der Waals surface area (Å²) in [5.74, 6) is -0.208. The molecule has 0 aliphatic carbocycles. The molecule has 0 fully saturated rings. The Bertz CT molecular complexity index is 1350. The van der Waals surface area contributed by atoms with Crippen LogP contribution in [0.4, 0.5) is 13.2 Å². The van der Waals surface area contributed by atoms with Gasteiger partial charge in [0.1, 0.15) is 0 Å². The Labute approximate surface area is 183 Å². The van der Waals surface area contributed by atoms with Gasteiger partial charge in [-0.2, -0.15) is 13.2 Å². The summed E-state index contributed by atoms with van der Waals surface area (Å²) in [5.41, 5.74) is 5.41. The van der Waals surface area contributed by atoms with Crippen molar-refractivity contribution in [2.75, 3.05) is 0 Å². The largest absolute Gasteiger partial charge is 0.416 e. The molecule has 1 unspecified atom stereocenters. The summed E-state index contributed by atoms with van der Waals surface area (Å²) in [7, 11) is 0. The molecule has 0 aliphatic heterocycles. The van der Waals surface area contributed by atoms with Gasteiger partial charge in [-0.3, -0.25) is 0 Å². The summed E-state index contributed by atoms with van der Waals surface area (Å²) in [4.78, 5) is 6.64. The van der Waals surface area contributed by atoms with Crippen molar-refractivity contribution in [2.45, 2.75) is 19.0 Å². The van der Waals surface area contributed by atoms with Gasteiger partial charge >= 0.3 is 6.18 Å². The molecular formula is C25H20ClF3N2. The highest BCUT2D eigenvalue weighted by molar-refractivity contribution is 5.89. The number of para-hydroxylation sites is 1. The lowest BCUT2D eigenvalue weighted by atomic mass is 9.84. The van der Waals surface area contributed by atoms with Crippen molar-refractivity contribution in [1.82, 2.24) is 9.97 Å². The normalized spacial score (nSPS) is 12.8. The molecule has 0 radical (unpaired) electrons. The molecule has 6 heteroatoms. The number of H-pyrrole nitrogens is 2. The number of nitrogens with one attached hydrogen (secondary N) is 2. The molecule has 31 heavy (non-hydrogen) atoms. The molecule has 1 atom stereocenters. The van der Waals surface area contributed by atoms with Crippen LogP contribution in [0.3, 0.4) is 0 Å². The summed E-state index contributed by atoms with van der Waals surface area (Å²) in [5, 5.41) is 2.12. The number of rotatable bonds is 3. The maximum absolute atomic E-state index is 13.1. The van der Waals surface area contributed by atoms with Gasteiger partial charge in [-0.05, 0) is 53.4 Å². The molecule has 5 aromatic rings. The standard InChI is InChI=1S/C25H19F3N2.ClH/c1-15-6-11-19-21(14-30-23(19)12-15)24(16-7-9-17(10-8-16)25(26,27)28)20-13-29-22-5-3-2-4-18(20)22;/h2-14,24,29-30H,1H3;1H. The van der Waals surface area contributed by atoms with Crippen molar-refractivity contribution in [2.24, 2.45) is 0 Å². The van der Waals surface area contributed by atoms with Crippen molar-refractivity contribution in [1.29, 1.82) is 0 Å². The third kappa shape index (κ3) is 3.70. The second-order valence-electron chi connectivity index (χ2n) is 7.64. The van der Waals surface area contributed by atoms with Crippen molar-refractivity contribution < 1.29 is 13.2 Å². The number of halogens is 4. The fraction of sp³-hybridized carbons (Fsp3) is 0.120. The Morgan fingerprint density at radius 2 is 1.35 bits per heavy atom. The average Bonchev–Trinajstić information content (AvgIpc) is 3.33. The minimum absolute atomic E-state index is 0. The van der Waals surface area contributed by atoms with Gasteiger partial charge in [0.05, 0.1) is 5.56 Å². The molecular weight excluding hydrogens is 421 g/mol. The lowest BCUT2D eigenvalue weighted by Gasteiger charge is -2.18. The zero-order valence-corrected chi connectivity index (χ0v) is 17.4. The van der Waals surface area contributed by atoms with Crippen molar-refractivity contribution in [3.05, 3.63) is 107 Å². The van der Waals surface area contributed by atoms with E-state index >= 15 is 0 Å². The Morgan fingerprint density at radius 1 is 0.742 bits per heavy atom. The molecule has 2 N–H and O–H groups in total. The zero-order chi connectivity index (χ0) is 20.9. The highest BCUT2D eigenvalue weighted by atomic mass is 35.5. The van der Waals surface area contributed by atoms with Crippen molar-refractivity contribution in [3.63, 3.8) is 0 Å². The Hall–Kier alpha value is -3.18. The molecule has 0 bridgehead atoms. The predicted molar refractivity (Wildman–Crippen MR) is 121 cm³/mol. The van der Waals surface area contributed by atoms with Crippen LogP contribution in [0.1, 0.15) is 33.7 Å². The van der Waals surface area contributed by atoms with Gasteiger partial charge in [-0.1, -0.05) is 42.5 Å². The number of benzene rings is 3. The quantitative estimate of drug-likeness (QED) is 0.290. The van der Waals surface area contributed by atoms with E-state index in [1.165, 1.54) is 0 Å². The molecule has 3 aromatic carbocycles. The number of hydrogen-bond acceptors (Lipinski definition) is 0. The summed E-state index contributed by atoms with van der Waals surface area (Å²) in [6, 6.07) is 19.7.